The van der Waals surface area contributed by atoms with Gasteiger partial charge in [-0.3, -0.25) is 4.98 Å². The molecule has 6 nitrogen and oxygen atoms in total. The van der Waals surface area contributed by atoms with Crippen LogP contribution in [0.3, 0.4) is 0 Å². The summed E-state index contributed by atoms with van der Waals surface area (Å²) in [5.74, 6) is 0.681. The highest BCUT2D eigenvalue weighted by Crippen LogP contribution is 2.08. The van der Waals surface area contributed by atoms with Gasteiger partial charge in [-0.2, -0.15) is 5.10 Å². The van der Waals surface area contributed by atoms with Gasteiger partial charge in [0.05, 0.1) is 0 Å². The maximum Gasteiger partial charge on any atom is 0.180 e. The Hall–Kier alpha value is -2.37. The molecule has 15 heavy (non-hydrogen) atoms. The lowest BCUT2D eigenvalue weighted by molar-refractivity contribution is 0.848. The molecule has 6 heteroatoms. The standard InChI is InChI=1S/C9H6N6/c1-2-8(15-6-10-5-13-15)14-9-7(1)11-3-4-12-9/h1-6H. The van der Waals surface area contributed by atoms with E-state index >= 15 is 0 Å². The molecule has 3 aromatic rings. The van der Waals surface area contributed by atoms with Gasteiger partial charge in [0.25, 0.3) is 0 Å². The van der Waals surface area contributed by atoms with E-state index in [-0.39, 0.29) is 0 Å². The first-order valence-corrected chi connectivity index (χ1v) is 4.36. The predicted octanol–water partition coefficient (Wildman–Crippen LogP) is 0.605. The molecule has 0 atom stereocenters. The first-order valence-electron chi connectivity index (χ1n) is 4.36. The van der Waals surface area contributed by atoms with Gasteiger partial charge in [-0.15, -0.1) is 0 Å². The fourth-order valence-corrected chi connectivity index (χ4v) is 1.30. The van der Waals surface area contributed by atoms with Crippen LogP contribution in [0.15, 0.2) is 37.2 Å². The molecule has 3 heterocycles. The largest absolute Gasteiger partial charge is 0.251 e. The van der Waals surface area contributed by atoms with Crippen molar-refractivity contribution >= 4 is 11.2 Å². The Labute approximate surface area is 84.7 Å². The maximum absolute atomic E-state index is 4.30. The monoisotopic (exact) mass is 198 g/mol. The molecule has 3 aromatic heterocycles. The quantitative estimate of drug-likeness (QED) is 0.572. The minimum Gasteiger partial charge on any atom is -0.251 e. The summed E-state index contributed by atoms with van der Waals surface area (Å²) in [6, 6.07) is 3.68. The molecule has 72 valence electrons. The van der Waals surface area contributed by atoms with Crippen molar-refractivity contribution in [2.24, 2.45) is 0 Å². The lowest BCUT2D eigenvalue weighted by atomic mass is 10.4. The Morgan fingerprint density at radius 1 is 1.07 bits per heavy atom. The highest BCUT2D eigenvalue weighted by molar-refractivity contribution is 5.69. The molecule has 0 saturated heterocycles. The highest BCUT2D eigenvalue weighted by atomic mass is 15.3. The fourth-order valence-electron chi connectivity index (χ4n) is 1.30. The normalized spacial score (nSPS) is 10.7. The lowest BCUT2D eigenvalue weighted by Crippen LogP contribution is -1.98. The number of fused-ring (bicyclic) bond motifs is 1. The summed E-state index contributed by atoms with van der Waals surface area (Å²) >= 11 is 0. The number of hydrogen-bond acceptors (Lipinski definition) is 5. The third kappa shape index (κ3) is 1.32. The van der Waals surface area contributed by atoms with E-state index < -0.39 is 0 Å². The van der Waals surface area contributed by atoms with E-state index in [0.29, 0.717) is 11.5 Å². The smallest absolute Gasteiger partial charge is 0.180 e. The van der Waals surface area contributed by atoms with Crippen LogP contribution in [-0.2, 0) is 0 Å². The van der Waals surface area contributed by atoms with Crippen LogP contribution in [0.1, 0.15) is 0 Å². The summed E-state index contributed by atoms with van der Waals surface area (Å²) in [6.07, 6.45) is 6.30. The van der Waals surface area contributed by atoms with Crippen LogP contribution in [0.25, 0.3) is 17.0 Å². The topological polar surface area (TPSA) is 69.4 Å². The van der Waals surface area contributed by atoms with E-state index in [1.54, 1.807) is 23.4 Å². The molecule has 0 fully saturated rings. The van der Waals surface area contributed by atoms with Crippen molar-refractivity contribution in [3.63, 3.8) is 0 Å². The first kappa shape index (κ1) is 7.98. The molecule has 0 saturated carbocycles. The Morgan fingerprint density at radius 2 is 2.00 bits per heavy atom. The average Bonchev–Trinajstić information content (AvgIpc) is 2.82. The van der Waals surface area contributed by atoms with Crippen LogP contribution in [0, 0.1) is 0 Å². The summed E-state index contributed by atoms with van der Waals surface area (Å²) in [7, 11) is 0. The number of rotatable bonds is 1. The van der Waals surface area contributed by atoms with Crippen molar-refractivity contribution in [3.05, 3.63) is 37.2 Å². The van der Waals surface area contributed by atoms with Gasteiger partial charge >= 0.3 is 0 Å². The molecule has 0 amide bonds. The zero-order valence-corrected chi connectivity index (χ0v) is 7.65. The van der Waals surface area contributed by atoms with Crippen molar-refractivity contribution in [1.29, 1.82) is 0 Å². The minimum atomic E-state index is 0.602. The fraction of sp³-hybridized carbons (Fsp3) is 0. The van der Waals surface area contributed by atoms with Gasteiger partial charge in [0.1, 0.15) is 18.2 Å². The van der Waals surface area contributed by atoms with Gasteiger partial charge in [0.15, 0.2) is 11.5 Å². The average molecular weight is 198 g/mol. The summed E-state index contributed by atoms with van der Waals surface area (Å²) < 4.78 is 1.58. The van der Waals surface area contributed by atoms with Crippen molar-refractivity contribution in [2.75, 3.05) is 0 Å². The lowest BCUT2D eigenvalue weighted by Gasteiger charge is -1.99. The van der Waals surface area contributed by atoms with Crippen molar-refractivity contribution in [3.8, 4) is 5.82 Å². The van der Waals surface area contributed by atoms with Gasteiger partial charge < -0.3 is 0 Å². The first-order chi connectivity index (χ1) is 7.43. The van der Waals surface area contributed by atoms with Gasteiger partial charge in [0, 0.05) is 12.4 Å². The summed E-state index contributed by atoms with van der Waals surface area (Å²) in [6.45, 7) is 0. The second kappa shape index (κ2) is 3.09. The van der Waals surface area contributed by atoms with Crippen LogP contribution in [0.4, 0.5) is 0 Å². The predicted molar refractivity (Wildman–Crippen MR) is 52.3 cm³/mol. The molecule has 0 aliphatic heterocycles. The molecule has 0 bridgehead atoms. The zero-order valence-electron chi connectivity index (χ0n) is 7.65. The van der Waals surface area contributed by atoms with Gasteiger partial charge in [-0.25, -0.2) is 19.6 Å². The summed E-state index contributed by atoms with van der Waals surface area (Å²) in [5, 5.41) is 3.99. The zero-order chi connectivity index (χ0) is 10.1. The van der Waals surface area contributed by atoms with Crippen LogP contribution in [0.2, 0.25) is 0 Å². The van der Waals surface area contributed by atoms with Gasteiger partial charge in [-0.05, 0) is 12.1 Å². The van der Waals surface area contributed by atoms with E-state index in [1.165, 1.54) is 6.33 Å². The Bertz CT molecular complexity index is 588. The molecule has 0 aliphatic carbocycles. The van der Waals surface area contributed by atoms with Crippen LogP contribution < -0.4 is 0 Å². The van der Waals surface area contributed by atoms with Gasteiger partial charge in [0.2, 0.25) is 0 Å². The van der Waals surface area contributed by atoms with E-state index in [9.17, 15) is 0 Å². The molecule has 0 N–H and O–H groups in total. The van der Waals surface area contributed by atoms with Crippen molar-refractivity contribution in [2.45, 2.75) is 0 Å². The van der Waals surface area contributed by atoms with E-state index in [1.807, 2.05) is 12.1 Å². The van der Waals surface area contributed by atoms with Crippen LogP contribution >= 0.6 is 0 Å². The van der Waals surface area contributed by atoms with Gasteiger partial charge in [-0.1, -0.05) is 0 Å². The molecular formula is C9H6N6. The molecule has 0 radical (unpaired) electrons. The third-order valence-corrected chi connectivity index (χ3v) is 1.97. The molecule has 0 unspecified atom stereocenters. The summed E-state index contributed by atoms with van der Waals surface area (Å²) in [4.78, 5) is 16.4. The number of nitrogens with zero attached hydrogens (tertiary/aromatic N) is 6. The summed E-state index contributed by atoms with van der Waals surface area (Å²) in [5.41, 5.74) is 1.37. The third-order valence-electron chi connectivity index (χ3n) is 1.97. The molecular weight excluding hydrogens is 192 g/mol. The van der Waals surface area contributed by atoms with Crippen LogP contribution in [-0.4, -0.2) is 29.7 Å². The number of pyridine rings is 1. The maximum atomic E-state index is 4.30. The van der Waals surface area contributed by atoms with E-state index in [4.69, 9.17) is 0 Å². The van der Waals surface area contributed by atoms with E-state index in [2.05, 4.69) is 25.0 Å². The van der Waals surface area contributed by atoms with Crippen LogP contribution in [0.5, 0.6) is 0 Å². The second-order valence-electron chi connectivity index (χ2n) is 2.91. The Balaban J connectivity index is 2.22. The Kier molecular flexibility index (Phi) is 1.64. The molecule has 0 aromatic carbocycles. The number of hydrogen-bond donors (Lipinski definition) is 0. The minimum absolute atomic E-state index is 0.602. The van der Waals surface area contributed by atoms with E-state index in [0.717, 1.165) is 5.52 Å². The second-order valence-corrected chi connectivity index (χ2v) is 2.91. The molecule has 0 aliphatic rings. The molecule has 3 rings (SSSR count). The number of aromatic nitrogens is 6. The highest BCUT2D eigenvalue weighted by Gasteiger charge is 2.01. The molecule has 0 spiro atoms. The SMILES string of the molecule is c1cnc2nc(-n3cncn3)ccc2n1. The Morgan fingerprint density at radius 3 is 2.87 bits per heavy atom. The van der Waals surface area contributed by atoms with Crippen molar-refractivity contribution in [1.82, 2.24) is 29.7 Å². The van der Waals surface area contributed by atoms with Crippen molar-refractivity contribution < 1.29 is 0 Å².